The van der Waals surface area contributed by atoms with Crippen LogP contribution in [0.4, 0.5) is 4.79 Å². The topological polar surface area (TPSA) is 166 Å². The van der Waals surface area contributed by atoms with Gasteiger partial charge in [-0.1, -0.05) is 54.4 Å². The Morgan fingerprint density at radius 1 is 0.805 bits per heavy atom. The largest absolute Gasteiger partial charge is 0.444 e. The van der Waals surface area contributed by atoms with Gasteiger partial charge in [-0.05, 0) is 64.2 Å². The van der Waals surface area contributed by atoms with Crippen LogP contribution in [0.25, 0.3) is 0 Å². The Morgan fingerprint density at radius 3 is 1.83 bits per heavy atom. The summed E-state index contributed by atoms with van der Waals surface area (Å²) in [6.45, 7) is 17.2. The van der Waals surface area contributed by atoms with Gasteiger partial charge in [0, 0.05) is 13.2 Å². The van der Waals surface area contributed by atoms with Crippen molar-refractivity contribution in [3.05, 3.63) is 0 Å². The van der Waals surface area contributed by atoms with Crippen molar-refractivity contribution in [2.24, 2.45) is 17.8 Å². The molecular weight excluding hydrogens is 528 g/mol. The number of amides is 4. The minimum atomic E-state index is -1.12. The zero-order valence-electron chi connectivity index (χ0n) is 26.8. The second-order valence-electron chi connectivity index (χ2n) is 12.5. The quantitative estimate of drug-likeness (QED) is 0.127. The average Bonchev–Trinajstić information content (AvgIpc) is 2.87. The van der Waals surface area contributed by atoms with Gasteiger partial charge >= 0.3 is 6.09 Å². The molecule has 6 atom stereocenters. The van der Waals surface area contributed by atoms with Crippen molar-refractivity contribution in [1.82, 2.24) is 21.3 Å². The molecular formula is C30H58N4O7. The maximum absolute atomic E-state index is 13.5. The summed E-state index contributed by atoms with van der Waals surface area (Å²) in [4.78, 5) is 51.8. The summed E-state index contributed by atoms with van der Waals surface area (Å²) in [6, 6.07) is -2.52. The van der Waals surface area contributed by atoms with E-state index in [1.54, 1.807) is 20.8 Å². The Bertz CT molecular complexity index is 800. The molecule has 11 heteroatoms. The standard InChI is InChI=1S/C30H58N4O7/c1-10-20(5)25(33-28(39)26(21(6)11-2)34-29(40)41-30(7,8)9)27(38)32-22(17-19(3)4)23(36)18-24(37)31-15-13-12-14-16-35/h19-23,25-26,35-36H,10-18H2,1-9H3,(H,31,37)(H,32,38)(H,33,39)(H,34,40)/t20?,21?,22-,23?,25-,26-/m0/s1. The van der Waals surface area contributed by atoms with E-state index < -0.39 is 47.7 Å². The number of hydrogen-bond donors (Lipinski definition) is 6. The summed E-state index contributed by atoms with van der Waals surface area (Å²) in [6.07, 6.45) is 1.83. The molecule has 0 aliphatic heterocycles. The smallest absolute Gasteiger partial charge is 0.408 e. The third-order valence-electron chi connectivity index (χ3n) is 7.03. The van der Waals surface area contributed by atoms with Gasteiger partial charge in [0.1, 0.15) is 17.7 Å². The highest BCUT2D eigenvalue weighted by atomic mass is 16.6. The van der Waals surface area contributed by atoms with Crippen molar-refractivity contribution in [2.45, 2.75) is 137 Å². The first-order chi connectivity index (χ1) is 19.1. The van der Waals surface area contributed by atoms with Gasteiger partial charge in [0.25, 0.3) is 0 Å². The van der Waals surface area contributed by atoms with Gasteiger partial charge in [0.15, 0.2) is 0 Å². The van der Waals surface area contributed by atoms with E-state index in [1.807, 2.05) is 41.5 Å². The number of nitrogens with one attached hydrogen (secondary N) is 4. The van der Waals surface area contributed by atoms with E-state index in [0.717, 1.165) is 12.8 Å². The SMILES string of the molecule is CCC(C)[C@H](NC(=O)OC(C)(C)C)C(=O)N[C@H](C(=O)N[C@@H](CC(C)C)C(O)CC(=O)NCCCCCO)C(C)CC. The number of rotatable bonds is 19. The predicted molar refractivity (Wildman–Crippen MR) is 160 cm³/mol. The first-order valence-corrected chi connectivity index (χ1v) is 15.2. The number of carbonyl (C=O) groups is 4. The van der Waals surface area contributed by atoms with Crippen LogP contribution in [0.5, 0.6) is 0 Å². The van der Waals surface area contributed by atoms with E-state index in [4.69, 9.17) is 9.84 Å². The van der Waals surface area contributed by atoms with Crippen LogP contribution in [-0.4, -0.2) is 77.0 Å². The van der Waals surface area contributed by atoms with Gasteiger partial charge in [-0.25, -0.2) is 4.79 Å². The molecule has 11 nitrogen and oxygen atoms in total. The lowest BCUT2D eigenvalue weighted by atomic mass is 9.93. The molecule has 0 aliphatic rings. The number of aliphatic hydroxyl groups is 2. The number of hydrogen-bond acceptors (Lipinski definition) is 7. The molecule has 0 spiro atoms. The maximum Gasteiger partial charge on any atom is 0.408 e. The fourth-order valence-corrected chi connectivity index (χ4v) is 4.22. The molecule has 0 heterocycles. The van der Waals surface area contributed by atoms with Crippen molar-refractivity contribution in [3.8, 4) is 0 Å². The highest BCUT2D eigenvalue weighted by Gasteiger charge is 2.35. The second-order valence-corrected chi connectivity index (χ2v) is 12.5. The summed E-state index contributed by atoms with van der Waals surface area (Å²) < 4.78 is 5.34. The van der Waals surface area contributed by atoms with Gasteiger partial charge in [0.05, 0.1) is 18.6 Å². The highest BCUT2D eigenvalue weighted by Crippen LogP contribution is 2.16. The van der Waals surface area contributed by atoms with Gasteiger partial charge < -0.3 is 36.2 Å². The zero-order chi connectivity index (χ0) is 31.8. The average molecular weight is 587 g/mol. The molecule has 0 rings (SSSR count). The van der Waals surface area contributed by atoms with Crippen molar-refractivity contribution in [2.75, 3.05) is 13.2 Å². The van der Waals surface area contributed by atoms with E-state index in [1.165, 1.54) is 0 Å². The Labute approximate surface area is 247 Å². The van der Waals surface area contributed by atoms with Gasteiger partial charge in [-0.2, -0.15) is 0 Å². The fourth-order valence-electron chi connectivity index (χ4n) is 4.22. The molecule has 0 radical (unpaired) electrons. The summed E-state index contributed by atoms with van der Waals surface area (Å²) in [7, 11) is 0. The number of aliphatic hydroxyl groups excluding tert-OH is 2. The molecule has 0 fully saturated rings. The van der Waals surface area contributed by atoms with E-state index >= 15 is 0 Å². The van der Waals surface area contributed by atoms with Crippen LogP contribution < -0.4 is 21.3 Å². The maximum atomic E-state index is 13.5. The number of ether oxygens (including phenoxy) is 1. The first kappa shape index (κ1) is 38.6. The molecule has 0 aliphatic carbocycles. The van der Waals surface area contributed by atoms with Crippen molar-refractivity contribution >= 4 is 23.8 Å². The Hall–Kier alpha value is -2.40. The summed E-state index contributed by atoms with van der Waals surface area (Å²) >= 11 is 0. The summed E-state index contributed by atoms with van der Waals surface area (Å²) in [5, 5.41) is 30.9. The molecule has 240 valence electrons. The molecule has 41 heavy (non-hydrogen) atoms. The van der Waals surface area contributed by atoms with Crippen LogP contribution in [0.15, 0.2) is 0 Å². The lowest BCUT2D eigenvalue weighted by Gasteiger charge is -2.32. The van der Waals surface area contributed by atoms with Crippen molar-refractivity contribution in [3.63, 3.8) is 0 Å². The third kappa shape index (κ3) is 16.6. The Balaban J connectivity index is 5.61. The zero-order valence-corrected chi connectivity index (χ0v) is 26.8. The van der Waals surface area contributed by atoms with Crippen LogP contribution in [0, 0.1) is 17.8 Å². The van der Waals surface area contributed by atoms with Crippen LogP contribution in [0.3, 0.4) is 0 Å². The lowest BCUT2D eigenvalue weighted by molar-refractivity contribution is -0.133. The number of carbonyl (C=O) groups excluding carboxylic acids is 4. The number of unbranched alkanes of at least 4 members (excludes halogenated alkanes) is 2. The molecule has 0 aromatic heterocycles. The molecule has 4 amide bonds. The van der Waals surface area contributed by atoms with Crippen LogP contribution in [0.2, 0.25) is 0 Å². The van der Waals surface area contributed by atoms with Crippen molar-refractivity contribution in [1.29, 1.82) is 0 Å². The minimum absolute atomic E-state index is 0.111. The second kappa shape index (κ2) is 19.7. The molecule has 6 N–H and O–H groups in total. The van der Waals surface area contributed by atoms with E-state index in [-0.39, 0.29) is 36.7 Å². The summed E-state index contributed by atoms with van der Waals surface area (Å²) in [5.74, 6) is -1.60. The normalized spacial score (nSPS) is 16.1. The van der Waals surface area contributed by atoms with E-state index in [2.05, 4.69) is 21.3 Å². The third-order valence-corrected chi connectivity index (χ3v) is 7.03. The molecule has 0 aromatic rings. The van der Waals surface area contributed by atoms with Crippen LogP contribution in [-0.2, 0) is 19.1 Å². The minimum Gasteiger partial charge on any atom is -0.444 e. The highest BCUT2D eigenvalue weighted by molar-refractivity contribution is 5.91. The molecule has 0 saturated heterocycles. The Kier molecular flexibility index (Phi) is 18.5. The van der Waals surface area contributed by atoms with Crippen molar-refractivity contribution < 1.29 is 34.1 Å². The Morgan fingerprint density at radius 2 is 1.34 bits per heavy atom. The van der Waals surface area contributed by atoms with E-state index in [9.17, 15) is 24.3 Å². The van der Waals surface area contributed by atoms with Gasteiger partial charge in [-0.3, -0.25) is 14.4 Å². The summed E-state index contributed by atoms with van der Waals surface area (Å²) in [5.41, 5.74) is -0.733. The van der Waals surface area contributed by atoms with E-state index in [0.29, 0.717) is 32.2 Å². The predicted octanol–water partition coefficient (Wildman–Crippen LogP) is 3.02. The van der Waals surface area contributed by atoms with Gasteiger partial charge in [-0.15, -0.1) is 0 Å². The molecule has 0 aromatic carbocycles. The van der Waals surface area contributed by atoms with Crippen LogP contribution >= 0.6 is 0 Å². The molecule has 0 saturated carbocycles. The lowest BCUT2D eigenvalue weighted by Crippen LogP contribution is -2.59. The molecule has 3 unspecified atom stereocenters. The molecule has 0 bridgehead atoms. The first-order valence-electron chi connectivity index (χ1n) is 15.2. The fraction of sp³-hybridized carbons (Fsp3) is 0.867. The number of alkyl carbamates (subject to hydrolysis) is 1. The van der Waals surface area contributed by atoms with Crippen LogP contribution in [0.1, 0.15) is 107 Å². The monoisotopic (exact) mass is 586 g/mol. The van der Waals surface area contributed by atoms with Gasteiger partial charge in [0.2, 0.25) is 17.7 Å².